The average Bonchev–Trinajstić information content (AvgIpc) is 2.84. The molecule has 0 radical (unpaired) electrons. The van der Waals surface area contributed by atoms with E-state index in [4.69, 9.17) is 16.3 Å². The number of piperidine rings is 1. The van der Waals surface area contributed by atoms with Gasteiger partial charge in [-0.3, -0.25) is 9.59 Å². The van der Waals surface area contributed by atoms with Crippen LogP contribution in [0.5, 0.6) is 5.75 Å². The molecule has 0 saturated carbocycles. The zero-order valence-corrected chi connectivity index (χ0v) is 13.8. The SMILES string of the molecule is COc1ccc(C(=O)N2CC(F)(F)CC3(CCNC3=O)C2)cc1Cl. The molecular weight excluding hydrogens is 342 g/mol. The monoisotopic (exact) mass is 358 g/mol. The summed E-state index contributed by atoms with van der Waals surface area (Å²) in [7, 11) is 1.44. The molecule has 24 heavy (non-hydrogen) atoms. The van der Waals surface area contributed by atoms with E-state index in [1.807, 2.05) is 0 Å². The Morgan fingerprint density at radius 1 is 1.38 bits per heavy atom. The van der Waals surface area contributed by atoms with Gasteiger partial charge in [0.2, 0.25) is 5.91 Å². The van der Waals surface area contributed by atoms with Crippen molar-refractivity contribution in [2.75, 3.05) is 26.7 Å². The smallest absolute Gasteiger partial charge is 0.266 e. The molecule has 2 aliphatic rings. The molecule has 0 aliphatic carbocycles. The molecule has 1 spiro atoms. The van der Waals surface area contributed by atoms with Crippen LogP contribution in [0.25, 0.3) is 0 Å². The predicted molar refractivity (Wildman–Crippen MR) is 83.5 cm³/mol. The number of methoxy groups -OCH3 is 1. The lowest BCUT2D eigenvalue weighted by Crippen LogP contribution is -2.56. The highest BCUT2D eigenvalue weighted by Crippen LogP contribution is 2.43. The minimum absolute atomic E-state index is 0.0170. The summed E-state index contributed by atoms with van der Waals surface area (Å²) in [5.41, 5.74) is -1.03. The highest BCUT2D eigenvalue weighted by molar-refractivity contribution is 6.32. The summed E-state index contributed by atoms with van der Waals surface area (Å²) in [5, 5.41) is 2.82. The fraction of sp³-hybridized carbons (Fsp3) is 0.500. The van der Waals surface area contributed by atoms with E-state index in [1.54, 1.807) is 0 Å². The summed E-state index contributed by atoms with van der Waals surface area (Å²) < 4.78 is 33.4. The van der Waals surface area contributed by atoms with E-state index in [2.05, 4.69) is 5.32 Å². The zero-order chi connectivity index (χ0) is 17.5. The quantitative estimate of drug-likeness (QED) is 0.882. The van der Waals surface area contributed by atoms with Crippen LogP contribution in [0.3, 0.4) is 0 Å². The second-order valence-electron chi connectivity index (χ2n) is 6.33. The highest BCUT2D eigenvalue weighted by Gasteiger charge is 2.55. The minimum atomic E-state index is -3.11. The fourth-order valence-corrected chi connectivity index (χ4v) is 3.73. The van der Waals surface area contributed by atoms with Crippen LogP contribution in [-0.4, -0.2) is 49.4 Å². The molecule has 1 aromatic carbocycles. The summed E-state index contributed by atoms with van der Waals surface area (Å²) in [4.78, 5) is 25.8. The Balaban J connectivity index is 1.88. The molecule has 1 aromatic rings. The van der Waals surface area contributed by atoms with E-state index < -0.39 is 36.1 Å². The van der Waals surface area contributed by atoms with Gasteiger partial charge in [0.05, 0.1) is 24.1 Å². The van der Waals surface area contributed by atoms with Crippen molar-refractivity contribution in [2.24, 2.45) is 5.41 Å². The third-order valence-corrected chi connectivity index (χ3v) is 4.86. The number of halogens is 3. The van der Waals surface area contributed by atoms with Crippen LogP contribution in [0.4, 0.5) is 8.78 Å². The summed E-state index contributed by atoms with van der Waals surface area (Å²) in [6.07, 6.45) is -0.229. The number of amides is 2. The lowest BCUT2D eigenvalue weighted by Gasteiger charge is -2.42. The standard InChI is InChI=1S/C16H17ClF2N2O3/c1-24-12-3-2-10(6-11(12)17)13(22)21-8-15(4-5-20-14(15)23)7-16(18,19)9-21/h2-3,6H,4-5,7-9H2,1H3,(H,20,23). The minimum Gasteiger partial charge on any atom is -0.495 e. The number of benzene rings is 1. The number of hydrogen-bond acceptors (Lipinski definition) is 3. The summed E-state index contributed by atoms with van der Waals surface area (Å²) >= 11 is 6.00. The Bertz CT molecular complexity index is 698. The van der Waals surface area contributed by atoms with Crippen LogP contribution in [-0.2, 0) is 4.79 Å². The van der Waals surface area contributed by atoms with Crippen molar-refractivity contribution < 1.29 is 23.1 Å². The van der Waals surface area contributed by atoms with E-state index in [0.29, 0.717) is 18.7 Å². The van der Waals surface area contributed by atoms with Gasteiger partial charge in [0.1, 0.15) is 5.75 Å². The summed E-state index contributed by atoms with van der Waals surface area (Å²) in [6.45, 7) is -0.368. The lowest BCUT2D eigenvalue weighted by atomic mass is 9.77. The van der Waals surface area contributed by atoms with Gasteiger partial charge in [0, 0.05) is 25.1 Å². The molecule has 5 nitrogen and oxygen atoms in total. The van der Waals surface area contributed by atoms with Gasteiger partial charge < -0.3 is 15.0 Å². The average molecular weight is 359 g/mol. The van der Waals surface area contributed by atoms with Crippen molar-refractivity contribution in [3.8, 4) is 5.75 Å². The molecule has 130 valence electrons. The van der Waals surface area contributed by atoms with E-state index >= 15 is 0 Å². The molecule has 2 saturated heterocycles. The molecule has 1 N–H and O–H groups in total. The van der Waals surface area contributed by atoms with Gasteiger partial charge in [-0.25, -0.2) is 8.78 Å². The molecule has 1 atom stereocenters. The first-order chi connectivity index (χ1) is 11.3. The Morgan fingerprint density at radius 3 is 2.71 bits per heavy atom. The van der Waals surface area contributed by atoms with Gasteiger partial charge in [-0.1, -0.05) is 11.6 Å². The summed E-state index contributed by atoms with van der Waals surface area (Å²) in [5.74, 6) is -3.69. The number of nitrogens with zero attached hydrogens (tertiary/aromatic N) is 1. The van der Waals surface area contributed by atoms with E-state index in [0.717, 1.165) is 4.90 Å². The molecular formula is C16H17ClF2N2O3. The van der Waals surface area contributed by atoms with Crippen molar-refractivity contribution in [3.63, 3.8) is 0 Å². The summed E-state index contributed by atoms with van der Waals surface area (Å²) in [6, 6.07) is 4.37. The van der Waals surface area contributed by atoms with Crippen LogP contribution in [0.2, 0.25) is 5.02 Å². The molecule has 2 aliphatic heterocycles. The van der Waals surface area contributed by atoms with Gasteiger partial charge in [-0.05, 0) is 24.6 Å². The maximum atomic E-state index is 14.2. The van der Waals surface area contributed by atoms with Gasteiger partial charge in [0.25, 0.3) is 11.8 Å². The number of nitrogens with one attached hydrogen (secondary N) is 1. The van der Waals surface area contributed by atoms with E-state index in [1.165, 1.54) is 25.3 Å². The van der Waals surface area contributed by atoms with Crippen molar-refractivity contribution in [2.45, 2.75) is 18.8 Å². The second kappa shape index (κ2) is 5.88. The first-order valence-corrected chi connectivity index (χ1v) is 7.93. The van der Waals surface area contributed by atoms with E-state index in [9.17, 15) is 18.4 Å². The van der Waals surface area contributed by atoms with Crippen molar-refractivity contribution in [1.82, 2.24) is 10.2 Å². The van der Waals surface area contributed by atoms with Crippen LogP contribution in [0.1, 0.15) is 23.2 Å². The number of carbonyl (C=O) groups is 2. The number of rotatable bonds is 2. The molecule has 2 heterocycles. The van der Waals surface area contributed by atoms with Gasteiger partial charge in [-0.2, -0.15) is 0 Å². The predicted octanol–water partition coefficient (Wildman–Crippen LogP) is 2.34. The molecule has 8 heteroatoms. The zero-order valence-electron chi connectivity index (χ0n) is 13.1. The van der Waals surface area contributed by atoms with Crippen molar-refractivity contribution in [3.05, 3.63) is 28.8 Å². The number of likely N-dealkylation sites (tertiary alicyclic amines) is 1. The Kier molecular flexibility index (Phi) is 4.15. The van der Waals surface area contributed by atoms with Gasteiger partial charge in [0.15, 0.2) is 0 Å². The topological polar surface area (TPSA) is 58.6 Å². The maximum absolute atomic E-state index is 14.2. The number of carbonyl (C=O) groups excluding carboxylic acids is 2. The van der Waals surface area contributed by atoms with Gasteiger partial charge in [-0.15, -0.1) is 0 Å². The highest BCUT2D eigenvalue weighted by atomic mass is 35.5. The van der Waals surface area contributed by atoms with E-state index in [-0.39, 0.29) is 17.1 Å². The fourth-order valence-electron chi connectivity index (χ4n) is 3.47. The normalized spacial score (nSPS) is 25.7. The molecule has 3 rings (SSSR count). The Hall–Kier alpha value is -1.89. The lowest BCUT2D eigenvalue weighted by molar-refractivity contribution is -0.144. The molecule has 2 amide bonds. The molecule has 2 fully saturated rings. The number of alkyl halides is 2. The Morgan fingerprint density at radius 2 is 2.12 bits per heavy atom. The second-order valence-corrected chi connectivity index (χ2v) is 6.74. The van der Waals surface area contributed by atoms with Crippen molar-refractivity contribution in [1.29, 1.82) is 0 Å². The third-order valence-electron chi connectivity index (χ3n) is 4.57. The third kappa shape index (κ3) is 2.92. The first kappa shape index (κ1) is 17.0. The van der Waals surface area contributed by atoms with Crippen LogP contribution < -0.4 is 10.1 Å². The number of hydrogen-bond donors (Lipinski definition) is 1. The van der Waals surface area contributed by atoms with Crippen LogP contribution >= 0.6 is 11.6 Å². The molecule has 0 aromatic heterocycles. The van der Waals surface area contributed by atoms with Crippen LogP contribution in [0.15, 0.2) is 18.2 Å². The van der Waals surface area contributed by atoms with Gasteiger partial charge >= 0.3 is 0 Å². The maximum Gasteiger partial charge on any atom is 0.266 e. The van der Waals surface area contributed by atoms with Crippen LogP contribution in [0, 0.1) is 5.41 Å². The molecule has 0 bridgehead atoms. The largest absolute Gasteiger partial charge is 0.495 e. The Labute approximate surface area is 142 Å². The number of ether oxygens (including phenoxy) is 1. The van der Waals surface area contributed by atoms with Crippen molar-refractivity contribution >= 4 is 23.4 Å². The first-order valence-electron chi connectivity index (χ1n) is 7.55. The molecule has 1 unspecified atom stereocenters.